The number of amides is 5. The maximum absolute atomic E-state index is 13.0. The minimum Gasteiger partial charge on any atom is -0.464 e. The summed E-state index contributed by atoms with van der Waals surface area (Å²) in [5.74, 6) is -1.17. The number of anilines is 2. The molecular formula is C52H81BrClN9O15. The Bertz CT molecular complexity index is 2530. The molecule has 3 aromatic rings. The highest BCUT2D eigenvalue weighted by atomic mass is 79.9. The minimum absolute atomic E-state index is 0. The summed E-state index contributed by atoms with van der Waals surface area (Å²) in [6.45, 7) is 26.0. The normalized spacial score (nSPS) is 15.8. The average molecular weight is 1190 g/mol. The maximum Gasteiger partial charge on any atom is 0.411 e. The average Bonchev–Trinajstić information content (AvgIpc) is 3.33. The summed E-state index contributed by atoms with van der Waals surface area (Å²) in [6.07, 6.45) is -0.973. The second-order valence-corrected chi connectivity index (χ2v) is 20.7. The van der Waals surface area contributed by atoms with Crippen molar-refractivity contribution in [3.63, 3.8) is 0 Å². The monoisotopic (exact) mass is 1190 g/mol. The first-order valence-corrected chi connectivity index (χ1v) is 24.4. The van der Waals surface area contributed by atoms with Gasteiger partial charge < -0.3 is 34.3 Å². The highest BCUT2D eigenvalue weighted by Gasteiger charge is 2.47. The van der Waals surface area contributed by atoms with Gasteiger partial charge in [0.1, 0.15) is 44.2 Å². The second kappa shape index (κ2) is 31.5. The molecule has 6 rings (SSSR count). The van der Waals surface area contributed by atoms with Crippen LogP contribution in [0.1, 0.15) is 138 Å². The zero-order valence-electron chi connectivity index (χ0n) is 45.7. The summed E-state index contributed by atoms with van der Waals surface area (Å²) < 4.78 is 25.4. The zero-order valence-corrected chi connectivity index (χ0v) is 48.1. The van der Waals surface area contributed by atoms with Crippen LogP contribution >= 0.6 is 28.3 Å². The smallest absolute Gasteiger partial charge is 0.411 e. The molecule has 0 aromatic carbocycles. The van der Waals surface area contributed by atoms with Crippen LogP contribution in [-0.2, 0) is 38.1 Å². The fourth-order valence-corrected chi connectivity index (χ4v) is 7.29. The molecule has 3 aliphatic rings. The standard InChI is InChI=1S/C18H25N3O5.C13H17N3O3.C11H20N2O3.C8H8BrNO2.2CH4.ClH.O2.H2/c1-17(2,3)26-16(24)21-11-10-20(15(23)18(21,4)5)13-9-7-8-12(19-13)14(22)25-6;1-13(2)12(18)16(8-7-14-13)10-6-4-5-9(15-10)11(17)19-3;1-10(2,3)16-9(15)13-7-6-12-8(14)11(13,4)5;1-2-12-8(11)6-4-3-5-7(9)10-6;;;;1-2;/h7-9H,10-11H2,1-6H3;4-6,14H,7-8H2,1-3H3;6-7H2,1-5H3,(H,12,14);3-5H,2H2,1H3;2*1H4;1H;;1H. The lowest BCUT2D eigenvalue weighted by atomic mass is 9.98. The van der Waals surface area contributed by atoms with Gasteiger partial charge in [-0.15, -0.1) is 12.4 Å². The quantitative estimate of drug-likeness (QED) is 0.134. The summed E-state index contributed by atoms with van der Waals surface area (Å²) in [4.78, 5) is 128. The summed E-state index contributed by atoms with van der Waals surface area (Å²) >= 11 is 3.16. The molecule has 26 heteroatoms. The van der Waals surface area contributed by atoms with Gasteiger partial charge in [0.05, 0.1) is 26.4 Å². The van der Waals surface area contributed by atoms with Crippen LogP contribution in [0.25, 0.3) is 0 Å². The molecule has 3 aliphatic heterocycles. The molecule has 0 unspecified atom stereocenters. The zero-order chi connectivity index (χ0) is 57.3. The van der Waals surface area contributed by atoms with Crippen LogP contribution in [-0.4, -0.2) is 160 Å². The fraction of sp³-hybridized carbons (Fsp3) is 0.558. The predicted octanol–water partition coefficient (Wildman–Crippen LogP) is 7.97. The van der Waals surface area contributed by atoms with Crippen molar-refractivity contribution in [1.82, 2.24) is 35.4 Å². The van der Waals surface area contributed by atoms with Gasteiger partial charge in [-0.2, -0.15) is 0 Å². The van der Waals surface area contributed by atoms with Crippen molar-refractivity contribution < 1.29 is 63.5 Å². The summed E-state index contributed by atoms with van der Waals surface area (Å²) in [7, 11) is 2.57. The number of carbonyl (C=O) groups excluding carboxylic acids is 8. The SMILES string of the molecule is C.C.CC(C)(C)OC(=O)N1CCNC(=O)C1(C)C.CCOC(=O)c1cccc(Br)n1.COC(=O)c1cccc(N2CCN(C(=O)OC(C)(C)C)C(C)(C)C2=O)n1.COC(=O)c1cccc(N2CCNC(C)(C)C2=O)n1.Cl.O=O.[HH]. The Kier molecular flexibility index (Phi) is 29.6. The van der Waals surface area contributed by atoms with Crippen molar-refractivity contribution in [2.75, 3.05) is 69.9 Å². The van der Waals surface area contributed by atoms with Gasteiger partial charge in [0.25, 0.3) is 5.91 Å². The molecule has 3 fully saturated rings. The summed E-state index contributed by atoms with van der Waals surface area (Å²) in [5.41, 5.74) is -3.13. The number of aromatic nitrogens is 3. The number of ether oxygens (including phenoxy) is 5. The molecule has 5 amide bonds. The van der Waals surface area contributed by atoms with Crippen LogP contribution in [0.5, 0.6) is 0 Å². The number of piperazine rings is 3. The molecule has 3 saturated heterocycles. The Labute approximate surface area is 473 Å². The van der Waals surface area contributed by atoms with Crippen molar-refractivity contribution in [3.8, 4) is 0 Å². The van der Waals surface area contributed by atoms with Crippen molar-refractivity contribution in [1.29, 1.82) is 0 Å². The number of nitrogens with one attached hydrogen (secondary N) is 2. The molecule has 0 radical (unpaired) electrons. The van der Waals surface area contributed by atoms with E-state index in [1.807, 2.05) is 34.6 Å². The lowest BCUT2D eigenvalue weighted by Crippen LogP contribution is -2.65. The van der Waals surface area contributed by atoms with Gasteiger partial charge in [-0.1, -0.05) is 33.1 Å². The molecule has 0 saturated carbocycles. The van der Waals surface area contributed by atoms with E-state index in [1.54, 1.807) is 109 Å². The van der Waals surface area contributed by atoms with Gasteiger partial charge in [0, 0.05) is 50.6 Å². The van der Waals surface area contributed by atoms with Crippen molar-refractivity contribution in [3.05, 3.63) is 86.2 Å². The summed E-state index contributed by atoms with van der Waals surface area (Å²) in [6, 6.07) is 14.9. The first-order valence-electron chi connectivity index (χ1n) is 23.6. The molecular weight excluding hydrogens is 1110 g/mol. The van der Waals surface area contributed by atoms with Crippen LogP contribution in [0.2, 0.25) is 0 Å². The lowest BCUT2D eigenvalue weighted by Gasteiger charge is -2.45. The Balaban J connectivity index is -0.000000980. The van der Waals surface area contributed by atoms with E-state index in [1.165, 1.54) is 35.0 Å². The third-order valence-electron chi connectivity index (χ3n) is 10.8. The second-order valence-electron chi connectivity index (χ2n) is 19.9. The van der Waals surface area contributed by atoms with Gasteiger partial charge in [0.15, 0.2) is 11.4 Å². The van der Waals surface area contributed by atoms with Crippen LogP contribution < -0.4 is 20.4 Å². The molecule has 2 N–H and O–H groups in total. The topological polar surface area (TPSA) is 293 Å². The highest BCUT2D eigenvalue weighted by Crippen LogP contribution is 2.28. The molecule has 0 atom stereocenters. The minimum atomic E-state index is -1.11. The van der Waals surface area contributed by atoms with E-state index in [-0.39, 0.29) is 76.9 Å². The van der Waals surface area contributed by atoms with Crippen molar-refractivity contribution in [2.45, 2.75) is 133 Å². The molecule has 24 nitrogen and oxygen atoms in total. The van der Waals surface area contributed by atoms with E-state index >= 15 is 0 Å². The van der Waals surface area contributed by atoms with Crippen LogP contribution in [0.3, 0.4) is 0 Å². The first-order chi connectivity index (χ1) is 34.8. The molecule has 0 bridgehead atoms. The third kappa shape index (κ3) is 20.8. The molecule has 0 spiro atoms. The van der Waals surface area contributed by atoms with E-state index < -0.39 is 51.9 Å². The van der Waals surface area contributed by atoms with Gasteiger partial charge in [-0.05, 0) is 142 Å². The number of nitrogens with zero attached hydrogens (tertiary/aromatic N) is 7. The molecule has 78 heavy (non-hydrogen) atoms. The Morgan fingerprint density at radius 3 is 1.46 bits per heavy atom. The number of methoxy groups -OCH3 is 2. The number of halogens is 2. The molecule has 0 aliphatic carbocycles. The number of rotatable bonds is 6. The van der Waals surface area contributed by atoms with Gasteiger partial charge in [-0.3, -0.25) is 34.0 Å². The number of hydrogen-bond acceptors (Lipinski definition) is 19. The van der Waals surface area contributed by atoms with E-state index in [2.05, 4.69) is 51.0 Å². The number of hydrogen-bond donors (Lipinski definition) is 2. The number of pyridine rings is 3. The molecule has 438 valence electrons. The van der Waals surface area contributed by atoms with Gasteiger partial charge in [0.2, 0.25) is 11.8 Å². The number of carbonyl (C=O) groups is 8. The van der Waals surface area contributed by atoms with Crippen LogP contribution in [0.4, 0.5) is 21.2 Å². The lowest BCUT2D eigenvalue weighted by molar-refractivity contribution is -0.134. The summed E-state index contributed by atoms with van der Waals surface area (Å²) in [5, 5.41) is 5.88. The van der Waals surface area contributed by atoms with Gasteiger partial charge >= 0.3 is 30.1 Å². The van der Waals surface area contributed by atoms with E-state index in [0.29, 0.717) is 54.7 Å². The van der Waals surface area contributed by atoms with E-state index in [9.17, 15) is 38.4 Å². The molecule has 6 heterocycles. The van der Waals surface area contributed by atoms with E-state index in [4.69, 9.17) is 24.1 Å². The van der Waals surface area contributed by atoms with Crippen LogP contribution in [0, 0.1) is 9.93 Å². The Hall–Kier alpha value is -6.86. The van der Waals surface area contributed by atoms with Crippen molar-refractivity contribution in [2.24, 2.45) is 0 Å². The highest BCUT2D eigenvalue weighted by molar-refractivity contribution is 9.10. The van der Waals surface area contributed by atoms with Gasteiger partial charge in [-0.25, -0.2) is 38.9 Å². The largest absolute Gasteiger partial charge is 0.464 e. The Morgan fingerprint density at radius 1 is 0.615 bits per heavy atom. The maximum atomic E-state index is 13.0. The molecule has 3 aromatic heterocycles. The Morgan fingerprint density at radius 2 is 1.04 bits per heavy atom. The first kappa shape index (κ1) is 73.2. The van der Waals surface area contributed by atoms with E-state index in [0.717, 1.165) is 0 Å². The van der Waals surface area contributed by atoms with Crippen molar-refractivity contribution >= 4 is 87.8 Å². The third-order valence-corrected chi connectivity index (χ3v) is 11.2. The number of esters is 3. The predicted molar refractivity (Wildman–Crippen MR) is 302 cm³/mol. The fourth-order valence-electron chi connectivity index (χ4n) is 6.94. The van der Waals surface area contributed by atoms with Crippen LogP contribution in [0.15, 0.2) is 59.2 Å².